The molecule has 0 spiro atoms. The number of benzene rings is 2. The highest BCUT2D eigenvalue weighted by atomic mass is 19.4. The lowest BCUT2D eigenvalue weighted by molar-refractivity contribution is -0.274. The molecule has 1 fully saturated rings. The molecule has 2 aromatic carbocycles. The van der Waals surface area contributed by atoms with Gasteiger partial charge in [0.15, 0.2) is 0 Å². The zero-order chi connectivity index (χ0) is 20.7. The second kappa shape index (κ2) is 9.96. The summed E-state index contributed by atoms with van der Waals surface area (Å²) < 4.78 is 52.7. The molecule has 0 aliphatic carbocycles. The molecular weight excluding hydrogens is 385 g/mol. The number of hydrogen-bond acceptors (Lipinski definition) is 5. The molecule has 0 radical (unpaired) electrons. The van der Waals surface area contributed by atoms with Gasteiger partial charge in [-0.1, -0.05) is 30.3 Å². The smallest absolute Gasteiger partial charge is 0.497 e. The van der Waals surface area contributed by atoms with Crippen molar-refractivity contribution in [3.63, 3.8) is 0 Å². The maximum absolute atomic E-state index is 12.6. The molecule has 1 N–H and O–H groups in total. The number of ether oxygens (including phenoxy) is 3. The average molecular weight is 410 g/mol. The SMILES string of the molecule is COc1ccc(C(CNCc2ccccc2OC(F)(F)F)N2CCOCC2)cc1. The van der Waals surface area contributed by atoms with Gasteiger partial charge in [0.05, 0.1) is 20.3 Å². The Balaban J connectivity index is 1.69. The average Bonchev–Trinajstić information content (AvgIpc) is 2.72. The van der Waals surface area contributed by atoms with Crippen LogP contribution in [0.2, 0.25) is 0 Å². The lowest BCUT2D eigenvalue weighted by Gasteiger charge is -2.35. The Labute approximate surface area is 168 Å². The van der Waals surface area contributed by atoms with Crippen molar-refractivity contribution in [1.29, 1.82) is 0 Å². The van der Waals surface area contributed by atoms with E-state index in [2.05, 4.69) is 15.0 Å². The maximum atomic E-state index is 12.6. The van der Waals surface area contributed by atoms with E-state index in [0.29, 0.717) is 25.3 Å². The Kier molecular flexibility index (Phi) is 7.35. The van der Waals surface area contributed by atoms with E-state index >= 15 is 0 Å². The fourth-order valence-corrected chi connectivity index (χ4v) is 3.39. The molecule has 158 valence electrons. The molecule has 1 saturated heterocycles. The minimum atomic E-state index is -4.71. The second-order valence-electron chi connectivity index (χ2n) is 6.72. The Bertz CT molecular complexity index is 763. The molecule has 1 atom stereocenters. The summed E-state index contributed by atoms with van der Waals surface area (Å²) in [7, 11) is 1.62. The first-order valence-corrected chi connectivity index (χ1v) is 9.46. The van der Waals surface area contributed by atoms with Crippen LogP contribution in [0.5, 0.6) is 11.5 Å². The number of alkyl halides is 3. The van der Waals surface area contributed by atoms with Crippen LogP contribution in [0.4, 0.5) is 13.2 Å². The fourth-order valence-electron chi connectivity index (χ4n) is 3.39. The number of rotatable bonds is 8. The summed E-state index contributed by atoms with van der Waals surface area (Å²) in [5.74, 6) is 0.598. The number of morpholine rings is 1. The Morgan fingerprint density at radius 1 is 1.07 bits per heavy atom. The minimum Gasteiger partial charge on any atom is -0.497 e. The summed E-state index contributed by atoms with van der Waals surface area (Å²) in [6.07, 6.45) is -4.71. The van der Waals surface area contributed by atoms with Crippen LogP contribution in [0, 0.1) is 0 Å². The van der Waals surface area contributed by atoms with Crippen molar-refractivity contribution in [3.8, 4) is 11.5 Å². The highest BCUT2D eigenvalue weighted by molar-refractivity contribution is 5.33. The molecule has 8 heteroatoms. The van der Waals surface area contributed by atoms with Gasteiger partial charge in [-0.3, -0.25) is 4.90 Å². The molecule has 1 aliphatic heterocycles. The van der Waals surface area contributed by atoms with E-state index in [0.717, 1.165) is 24.4 Å². The van der Waals surface area contributed by atoms with E-state index in [1.165, 1.54) is 12.1 Å². The highest BCUT2D eigenvalue weighted by Crippen LogP contribution is 2.27. The van der Waals surface area contributed by atoms with E-state index < -0.39 is 6.36 Å². The zero-order valence-corrected chi connectivity index (χ0v) is 16.2. The van der Waals surface area contributed by atoms with Crippen LogP contribution in [0.25, 0.3) is 0 Å². The van der Waals surface area contributed by atoms with Gasteiger partial charge in [0.2, 0.25) is 0 Å². The van der Waals surface area contributed by atoms with Gasteiger partial charge in [0, 0.05) is 37.8 Å². The molecule has 2 aromatic rings. The standard InChI is InChI=1S/C21H25F3N2O3/c1-27-18-8-6-16(7-9-18)19(26-10-12-28-13-11-26)15-25-14-17-4-2-3-5-20(17)29-21(22,23)24/h2-9,19,25H,10-15H2,1H3. The molecule has 0 amide bonds. The number of methoxy groups -OCH3 is 1. The number of para-hydroxylation sites is 1. The van der Waals surface area contributed by atoms with Gasteiger partial charge in [-0.05, 0) is 23.8 Å². The van der Waals surface area contributed by atoms with Crippen LogP contribution >= 0.6 is 0 Å². The van der Waals surface area contributed by atoms with E-state index in [4.69, 9.17) is 9.47 Å². The van der Waals surface area contributed by atoms with Crippen molar-refractivity contribution < 1.29 is 27.4 Å². The van der Waals surface area contributed by atoms with Crippen LogP contribution in [-0.2, 0) is 11.3 Å². The van der Waals surface area contributed by atoms with Crippen molar-refractivity contribution in [2.75, 3.05) is 40.0 Å². The predicted molar refractivity (Wildman–Crippen MR) is 103 cm³/mol. The third-order valence-electron chi connectivity index (χ3n) is 4.84. The number of hydrogen-bond donors (Lipinski definition) is 1. The van der Waals surface area contributed by atoms with E-state index in [1.54, 1.807) is 19.2 Å². The molecule has 3 rings (SSSR count). The van der Waals surface area contributed by atoms with Gasteiger partial charge < -0.3 is 19.5 Å². The lowest BCUT2D eigenvalue weighted by Crippen LogP contribution is -2.42. The van der Waals surface area contributed by atoms with Crippen LogP contribution in [0.3, 0.4) is 0 Å². The number of nitrogens with zero attached hydrogens (tertiary/aromatic N) is 1. The van der Waals surface area contributed by atoms with Crippen LogP contribution in [0.15, 0.2) is 48.5 Å². The molecule has 0 saturated carbocycles. The first-order valence-electron chi connectivity index (χ1n) is 9.46. The molecule has 1 unspecified atom stereocenters. The van der Waals surface area contributed by atoms with E-state index in [-0.39, 0.29) is 18.3 Å². The molecular formula is C21H25F3N2O3. The van der Waals surface area contributed by atoms with Gasteiger partial charge in [0.25, 0.3) is 0 Å². The first kappa shape index (κ1) is 21.4. The van der Waals surface area contributed by atoms with Crippen LogP contribution in [0.1, 0.15) is 17.2 Å². The second-order valence-corrected chi connectivity index (χ2v) is 6.72. The third kappa shape index (κ3) is 6.35. The van der Waals surface area contributed by atoms with Crippen molar-refractivity contribution in [2.24, 2.45) is 0 Å². The van der Waals surface area contributed by atoms with Crippen LogP contribution in [-0.4, -0.2) is 51.2 Å². The summed E-state index contributed by atoms with van der Waals surface area (Å²) in [5.41, 5.74) is 1.57. The molecule has 1 heterocycles. The van der Waals surface area contributed by atoms with Crippen molar-refractivity contribution >= 4 is 0 Å². The summed E-state index contributed by atoms with van der Waals surface area (Å²) >= 11 is 0. The van der Waals surface area contributed by atoms with E-state index in [1.807, 2.05) is 24.3 Å². The Hall–Kier alpha value is -2.29. The summed E-state index contributed by atoms with van der Waals surface area (Å²) in [4.78, 5) is 2.32. The number of halogens is 3. The van der Waals surface area contributed by atoms with Crippen molar-refractivity contribution in [1.82, 2.24) is 10.2 Å². The minimum absolute atomic E-state index is 0.0699. The Morgan fingerprint density at radius 3 is 2.41 bits per heavy atom. The highest BCUT2D eigenvalue weighted by Gasteiger charge is 2.32. The summed E-state index contributed by atoms with van der Waals surface area (Å²) in [6, 6.07) is 14.1. The molecule has 0 aromatic heterocycles. The van der Waals surface area contributed by atoms with Gasteiger partial charge in [-0.15, -0.1) is 13.2 Å². The maximum Gasteiger partial charge on any atom is 0.573 e. The quantitative estimate of drug-likeness (QED) is 0.718. The summed E-state index contributed by atoms with van der Waals surface area (Å²) in [5, 5.41) is 3.29. The fraction of sp³-hybridized carbons (Fsp3) is 0.429. The Morgan fingerprint density at radius 2 is 1.76 bits per heavy atom. The molecule has 29 heavy (non-hydrogen) atoms. The first-order chi connectivity index (χ1) is 14.0. The molecule has 1 aliphatic rings. The van der Waals surface area contributed by atoms with Crippen LogP contribution < -0.4 is 14.8 Å². The van der Waals surface area contributed by atoms with Crippen molar-refractivity contribution in [2.45, 2.75) is 18.9 Å². The third-order valence-corrected chi connectivity index (χ3v) is 4.84. The largest absolute Gasteiger partial charge is 0.573 e. The molecule has 0 bridgehead atoms. The zero-order valence-electron chi connectivity index (χ0n) is 16.2. The number of nitrogens with one attached hydrogen (secondary N) is 1. The predicted octanol–water partition coefficient (Wildman–Crippen LogP) is 3.76. The monoisotopic (exact) mass is 410 g/mol. The topological polar surface area (TPSA) is 43.0 Å². The molecule has 5 nitrogen and oxygen atoms in total. The van der Waals surface area contributed by atoms with E-state index in [9.17, 15) is 13.2 Å². The van der Waals surface area contributed by atoms with Gasteiger partial charge in [-0.25, -0.2) is 0 Å². The van der Waals surface area contributed by atoms with Crippen molar-refractivity contribution in [3.05, 3.63) is 59.7 Å². The lowest BCUT2D eigenvalue weighted by atomic mass is 10.0. The van der Waals surface area contributed by atoms with Gasteiger partial charge >= 0.3 is 6.36 Å². The van der Waals surface area contributed by atoms with Gasteiger partial charge in [-0.2, -0.15) is 0 Å². The normalized spacial score (nSPS) is 16.4. The summed E-state index contributed by atoms with van der Waals surface area (Å²) in [6.45, 7) is 3.76. The van der Waals surface area contributed by atoms with Gasteiger partial charge in [0.1, 0.15) is 11.5 Å².